The van der Waals surface area contributed by atoms with Crippen LogP contribution in [-0.2, 0) is 10.7 Å². The summed E-state index contributed by atoms with van der Waals surface area (Å²) in [4.78, 5) is 23.4. The largest absolute Gasteiger partial charge is 0.425 e. The number of carbonyl (C=O) groups is 2. The maximum Gasteiger partial charge on any atom is 0.347 e. The van der Waals surface area contributed by atoms with Crippen LogP contribution in [0.25, 0.3) is 0 Å². The smallest absolute Gasteiger partial charge is 0.347 e. The summed E-state index contributed by atoms with van der Waals surface area (Å²) in [6, 6.07) is 13.5. The molecule has 2 aromatic carbocycles. The first kappa shape index (κ1) is 15.1. The third-order valence-corrected chi connectivity index (χ3v) is 2.95. The van der Waals surface area contributed by atoms with E-state index < -0.39 is 11.9 Å². The molecule has 0 spiro atoms. The number of rotatable bonds is 4. The highest BCUT2D eigenvalue weighted by Gasteiger charge is 2.19. The van der Waals surface area contributed by atoms with Crippen molar-refractivity contribution in [1.82, 2.24) is 0 Å². The Balaban J connectivity index is 2.33. The minimum absolute atomic E-state index is 0.120. The maximum atomic E-state index is 12.2. The summed E-state index contributed by atoms with van der Waals surface area (Å²) in [6.07, 6.45) is 0. The van der Waals surface area contributed by atoms with Gasteiger partial charge >= 0.3 is 11.9 Å². The molecule has 21 heavy (non-hydrogen) atoms. The fourth-order valence-electron chi connectivity index (χ4n) is 1.77. The fraction of sp³-hybridized carbons (Fsp3) is 0.125. The van der Waals surface area contributed by atoms with E-state index in [4.69, 9.17) is 21.1 Å². The highest BCUT2D eigenvalue weighted by atomic mass is 35.5. The van der Waals surface area contributed by atoms with E-state index in [0.29, 0.717) is 11.3 Å². The van der Waals surface area contributed by atoms with Gasteiger partial charge in [0.25, 0.3) is 0 Å². The number of halogens is 1. The quantitative estimate of drug-likeness (QED) is 0.492. The Morgan fingerprint density at radius 2 is 1.71 bits per heavy atom. The van der Waals surface area contributed by atoms with Gasteiger partial charge in [-0.2, -0.15) is 0 Å². The molecule has 0 aromatic heterocycles. The van der Waals surface area contributed by atoms with Crippen LogP contribution in [0.1, 0.15) is 22.8 Å². The first-order valence-corrected chi connectivity index (χ1v) is 6.78. The Kier molecular flexibility index (Phi) is 4.95. The summed E-state index contributed by atoms with van der Waals surface area (Å²) in [7, 11) is 0. The van der Waals surface area contributed by atoms with Crippen LogP contribution in [0.4, 0.5) is 0 Å². The first-order chi connectivity index (χ1) is 10.1. The summed E-state index contributed by atoms with van der Waals surface area (Å²) in [5.74, 6) is -0.464. The van der Waals surface area contributed by atoms with Crippen LogP contribution < -0.4 is 9.47 Å². The first-order valence-electron chi connectivity index (χ1n) is 6.25. The number of hydrogen-bond acceptors (Lipinski definition) is 4. The van der Waals surface area contributed by atoms with Crippen LogP contribution in [0, 0.1) is 0 Å². The van der Waals surface area contributed by atoms with Gasteiger partial charge in [-0.15, -0.1) is 11.6 Å². The van der Waals surface area contributed by atoms with Crippen LogP contribution in [-0.4, -0.2) is 11.9 Å². The second-order valence-corrected chi connectivity index (χ2v) is 4.49. The third kappa shape index (κ3) is 3.83. The summed E-state index contributed by atoms with van der Waals surface area (Å²) in [6.45, 7) is 1.26. The van der Waals surface area contributed by atoms with Crippen LogP contribution in [0.5, 0.6) is 11.5 Å². The van der Waals surface area contributed by atoms with Crippen molar-refractivity contribution in [2.45, 2.75) is 12.8 Å². The zero-order valence-electron chi connectivity index (χ0n) is 11.3. The minimum Gasteiger partial charge on any atom is -0.425 e. The van der Waals surface area contributed by atoms with Crippen molar-refractivity contribution >= 4 is 23.5 Å². The second kappa shape index (κ2) is 6.90. The van der Waals surface area contributed by atoms with Crippen molar-refractivity contribution in [3.8, 4) is 11.5 Å². The van der Waals surface area contributed by atoms with Gasteiger partial charge in [0.05, 0.1) is 5.88 Å². The topological polar surface area (TPSA) is 52.6 Å². The van der Waals surface area contributed by atoms with E-state index in [9.17, 15) is 9.59 Å². The SMILES string of the molecule is CC(=O)Oc1c(CCl)cccc1C(=O)Oc1ccccc1. The summed E-state index contributed by atoms with van der Waals surface area (Å²) in [5.41, 5.74) is 0.710. The molecule has 0 atom stereocenters. The van der Waals surface area contributed by atoms with Gasteiger partial charge in [-0.3, -0.25) is 4.79 Å². The predicted molar refractivity (Wildman–Crippen MR) is 78.7 cm³/mol. The van der Waals surface area contributed by atoms with E-state index in [0.717, 1.165) is 0 Å². The molecular weight excluding hydrogens is 292 g/mol. The van der Waals surface area contributed by atoms with Gasteiger partial charge in [0.15, 0.2) is 0 Å². The monoisotopic (exact) mass is 304 g/mol. The number of benzene rings is 2. The lowest BCUT2D eigenvalue weighted by Crippen LogP contribution is -2.14. The van der Waals surface area contributed by atoms with E-state index in [1.165, 1.54) is 13.0 Å². The average molecular weight is 305 g/mol. The second-order valence-electron chi connectivity index (χ2n) is 4.22. The molecule has 0 saturated heterocycles. The standard InChI is InChI=1S/C16H13ClO4/c1-11(18)20-15-12(10-17)6-5-9-14(15)16(19)21-13-7-3-2-4-8-13/h2-9H,10H2,1H3. The van der Waals surface area contributed by atoms with E-state index in [2.05, 4.69) is 0 Å². The molecule has 4 nitrogen and oxygen atoms in total. The van der Waals surface area contributed by atoms with Gasteiger partial charge in [-0.05, 0) is 18.2 Å². The molecule has 0 amide bonds. The van der Waals surface area contributed by atoms with Gasteiger partial charge in [0.1, 0.15) is 17.1 Å². The van der Waals surface area contributed by atoms with E-state index in [-0.39, 0.29) is 17.2 Å². The molecular formula is C16H13ClO4. The molecule has 0 heterocycles. The zero-order chi connectivity index (χ0) is 15.2. The van der Waals surface area contributed by atoms with Crippen molar-refractivity contribution in [1.29, 1.82) is 0 Å². The highest BCUT2D eigenvalue weighted by Crippen LogP contribution is 2.27. The highest BCUT2D eigenvalue weighted by molar-refractivity contribution is 6.17. The van der Waals surface area contributed by atoms with Crippen LogP contribution in [0.2, 0.25) is 0 Å². The molecule has 108 valence electrons. The minimum atomic E-state index is -0.607. The molecule has 0 N–H and O–H groups in total. The number of esters is 2. The summed E-state index contributed by atoms with van der Waals surface area (Å²) in [5, 5.41) is 0. The Bertz CT molecular complexity index is 653. The Labute approximate surface area is 127 Å². The molecule has 5 heteroatoms. The number of carbonyl (C=O) groups excluding carboxylic acids is 2. The van der Waals surface area contributed by atoms with Gasteiger partial charge < -0.3 is 9.47 Å². The molecule has 0 aliphatic carbocycles. The van der Waals surface area contributed by atoms with E-state index in [1.54, 1.807) is 36.4 Å². The number of ether oxygens (including phenoxy) is 2. The van der Waals surface area contributed by atoms with Crippen LogP contribution in [0.3, 0.4) is 0 Å². The lowest BCUT2D eigenvalue weighted by molar-refractivity contribution is -0.131. The number of hydrogen-bond donors (Lipinski definition) is 0. The molecule has 0 aliphatic rings. The van der Waals surface area contributed by atoms with E-state index in [1.807, 2.05) is 6.07 Å². The molecule has 0 bridgehead atoms. The Morgan fingerprint density at radius 1 is 1.00 bits per heavy atom. The van der Waals surface area contributed by atoms with Crippen molar-refractivity contribution < 1.29 is 19.1 Å². The molecule has 0 aliphatic heterocycles. The summed E-state index contributed by atoms with van der Waals surface area (Å²) >= 11 is 5.81. The van der Waals surface area contributed by atoms with Crippen molar-refractivity contribution in [2.24, 2.45) is 0 Å². The number of para-hydroxylation sites is 2. The van der Waals surface area contributed by atoms with Gasteiger partial charge in [0, 0.05) is 12.5 Å². The van der Waals surface area contributed by atoms with E-state index >= 15 is 0 Å². The van der Waals surface area contributed by atoms with Gasteiger partial charge in [-0.1, -0.05) is 30.3 Å². The number of alkyl halides is 1. The normalized spacial score (nSPS) is 10.0. The van der Waals surface area contributed by atoms with Gasteiger partial charge in [-0.25, -0.2) is 4.79 Å². The molecule has 2 aromatic rings. The third-order valence-electron chi connectivity index (χ3n) is 2.66. The average Bonchev–Trinajstić information content (AvgIpc) is 2.47. The zero-order valence-corrected chi connectivity index (χ0v) is 12.1. The Hall–Kier alpha value is -2.33. The molecule has 0 fully saturated rings. The van der Waals surface area contributed by atoms with Crippen molar-refractivity contribution in [2.75, 3.05) is 0 Å². The predicted octanol–water partition coefficient (Wildman–Crippen LogP) is 3.57. The van der Waals surface area contributed by atoms with Crippen molar-refractivity contribution in [3.05, 3.63) is 59.7 Å². The van der Waals surface area contributed by atoms with Crippen LogP contribution in [0.15, 0.2) is 48.5 Å². The molecule has 0 unspecified atom stereocenters. The van der Waals surface area contributed by atoms with Crippen LogP contribution >= 0.6 is 11.6 Å². The van der Waals surface area contributed by atoms with Crippen molar-refractivity contribution in [3.63, 3.8) is 0 Å². The fourth-order valence-corrected chi connectivity index (χ4v) is 1.98. The van der Waals surface area contributed by atoms with Gasteiger partial charge in [0.2, 0.25) is 0 Å². The summed E-state index contributed by atoms with van der Waals surface area (Å²) < 4.78 is 10.4. The lowest BCUT2D eigenvalue weighted by Gasteiger charge is -2.12. The maximum absolute atomic E-state index is 12.2. The molecule has 0 radical (unpaired) electrons. The molecule has 0 saturated carbocycles. The lowest BCUT2D eigenvalue weighted by atomic mass is 10.1. The Morgan fingerprint density at radius 3 is 2.33 bits per heavy atom. The molecule has 2 rings (SSSR count).